The summed E-state index contributed by atoms with van der Waals surface area (Å²) in [6.45, 7) is 2.20. The van der Waals surface area contributed by atoms with Gasteiger partial charge >= 0.3 is 11.8 Å². The normalized spacial score (nSPS) is 15.1. The zero-order valence-electron chi connectivity index (χ0n) is 24.8. The Balaban J connectivity index is 1.33. The number of alkyl halides is 3. The van der Waals surface area contributed by atoms with Gasteiger partial charge in [0.05, 0.1) is 36.3 Å². The van der Waals surface area contributed by atoms with E-state index in [2.05, 4.69) is 10.2 Å². The number of amides is 1. The molecule has 1 N–H and O–H groups in total. The van der Waals surface area contributed by atoms with E-state index >= 15 is 0 Å². The smallest absolute Gasteiger partial charge is 0.418 e. The molecule has 1 aliphatic heterocycles. The summed E-state index contributed by atoms with van der Waals surface area (Å²) in [6, 6.07) is 24.5. The Bertz CT molecular complexity index is 2000. The van der Waals surface area contributed by atoms with Crippen LogP contribution in [0.25, 0.3) is 22.1 Å². The van der Waals surface area contributed by atoms with Gasteiger partial charge in [0.2, 0.25) is 5.91 Å². The minimum Gasteiger partial charge on any atom is -0.627 e. The predicted octanol–water partition coefficient (Wildman–Crippen LogP) is 8.29. The molecule has 0 spiro atoms. The molecule has 2 heterocycles. The molecule has 4 aromatic carbocycles. The molecule has 0 radical (unpaired) electrons. The third-order valence-electron chi connectivity index (χ3n) is 8.31. The summed E-state index contributed by atoms with van der Waals surface area (Å²) in [5, 5.41) is 16.5. The summed E-state index contributed by atoms with van der Waals surface area (Å²) in [5.74, 6) is -0.846. The SMILES string of the molecule is O=C(Cc1c(-c2ccccc2)c2cc(CN3CC[N+]([O-])(c4ccccc4)CC3)c(Cl)cc2oc1=O)Nc1ccc(Cl)cc1C(F)(F)F. The van der Waals surface area contributed by atoms with E-state index < -0.39 is 40.0 Å². The Morgan fingerprint density at radius 1 is 0.936 bits per heavy atom. The second kappa shape index (κ2) is 13.1. The van der Waals surface area contributed by atoms with Crippen molar-refractivity contribution in [1.82, 2.24) is 9.55 Å². The van der Waals surface area contributed by atoms with Crippen LogP contribution in [0, 0.1) is 5.21 Å². The fourth-order valence-electron chi connectivity index (χ4n) is 5.92. The van der Waals surface area contributed by atoms with Gasteiger partial charge in [0.1, 0.15) is 11.3 Å². The number of para-hydroxylation sites is 1. The van der Waals surface area contributed by atoms with Gasteiger partial charge in [-0.1, -0.05) is 71.7 Å². The highest BCUT2D eigenvalue weighted by Crippen LogP contribution is 2.38. The second-order valence-corrected chi connectivity index (χ2v) is 12.3. The number of nitrogens with zero attached hydrogens (tertiary/aromatic N) is 2. The highest BCUT2D eigenvalue weighted by molar-refractivity contribution is 6.32. The van der Waals surface area contributed by atoms with E-state index in [0.29, 0.717) is 59.9 Å². The number of hydrogen-bond acceptors (Lipinski definition) is 5. The predicted molar refractivity (Wildman–Crippen MR) is 178 cm³/mol. The lowest BCUT2D eigenvalue weighted by molar-refractivity contribution is -0.137. The monoisotopic (exact) mass is 681 g/mol. The molecule has 242 valence electrons. The average molecular weight is 683 g/mol. The fourth-order valence-corrected chi connectivity index (χ4v) is 6.31. The lowest BCUT2D eigenvalue weighted by Gasteiger charge is -2.47. The van der Waals surface area contributed by atoms with Crippen LogP contribution in [0.15, 0.2) is 100 Å². The fraction of sp³-hybridized carbons (Fsp3) is 0.200. The maximum Gasteiger partial charge on any atom is 0.418 e. The number of piperazine rings is 1. The topological polar surface area (TPSA) is 85.6 Å². The van der Waals surface area contributed by atoms with Crippen LogP contribution in [-0.2, 0) is 23.9 Å². The molecule has 0 unspecified atom stereocenters. The zero-order valence-corrected chi connectivity index (χ0v) is 26.3. The number of rotatable bonds is 7. The van der Waals surface area contributed by atoms with Crippen LogP contribution in [-0.4, -0.2) is 37.0 Å². The molecule has 7 nitrogen and oxygen atoms in total. The molecule has 1 amide bonds. The number of nitrogens with one attached hydrogen (secondary N) is 1. The van der Waals surface area contributed by atoms with Crippen LogP contribution in [0.4, 0.5) is 24.5 Å². The van der Waals surface area contributed by atoms with E-state index in [1.54, 1.807) is 42.5 Å². The molecule has 1 aromatic heterocycles. The van der Waals surface area contributed by atoms with Crippen LogP contribution in [0.1, 0.15) is 16.7 Å². The Morgan fingerprint density at radius 3 is 2.26 bits per heavy atom. The minimum absolute atomic E-state index is 0.0220. The van der Waals surface area contributed by atoms with Gasteiger partial charge in [0.25, 0.3) is 0 Å². The summed E-state index contributed by atoms with van der Waals surface area (Å²) >= 11 is 12.5. The summed E-state index contributed by atoms with van der Waals surface area (Å²) < 4.78 is 46.2. The van der Waals surface area contributed by atoms with Crippen LogP contribution < -0.4 is 15.6 Å². The van der Waals surface area contributed by atoms with E-state index in [0.717, 1.165) is 17.7 Å². The molecule has 6 rings (SSSR count). The maximum absolute atomic E-state index is 13.7. The second-order valence-electron chi connectivity index (χ2n) is 11.4. The average Bonchev–Trinajstić information content (AvgIpc) is 3.04. The van der Waals surface area contributed by atoms with Gasteiger partial charge in [-0.3, -0.25) is 9.69 Å². The standard InChI is InChI=1S/C35H28Cl2F3N3O4/c36-24-11-12-30(28(18-24)35(38,39)40)41-32(44)19-27-33(22-7-3-1-4-8-22)26-17-23(29(37)20-31(26)47-34(27)45)21-42-13-15-43(46,16-14-42)25-9-5-2-6-10-25/h1-12,17-18,20H,13-16,19,21H2,(H,41,44). The number of hydrogen-bond donors (Lipinski definition) is 1. The number of anilines is 1. The van der Waals surface area contributed by atoms with Crippen LogP contribution in [0.5, 0.6) is 0 Å². The van der Waals surface area contributed by atoms with Crippen molar-refractivity contribution >= 4 is 51.5 Å². The minimum atomic E-state index is -4.77. The lowest BCUT2D eigenvalue weighted by Crippen LogP contribution is -2.56. The van der Waals surface area contributed by atoms with Gasteiger partial charge in [-0.25, -0.2) is 4.79 Å². The van der Waals surface area contributed by atoms with E-state index in [4.69, 9.17) is 27.6 Å². The summed E-state index contributed by atoms with van der Waals surface area (Å²) in [5.41, 5.74) is 0.219. The Hall–Kier alpha value is -4.19. The number of benzene rings is 4. The highest BCUT2D eigenvalue weighted by Gasteiger charge is 2.34. The first-order valence-electron chi connectivity index (χ1n) is 14.8. The van der Waals surface area contributed by atoms with Crippen molar-refractivity contribution < 1.29 is 22.4 Å². The largest absolute Gasteiger partial charge is 0.627 e. The first-order valence-corrected chi connectivity index (χ1v) is 15.5. The van der Waals surface area contributed by atoms with Crippen molar-refractivity contribution in [2.24, 2.45) is 0 Å². The molecule has 0 saturated carbocycles. The number of quaternary nitrogens is 1. The van der Waals surface area contributed by atoms with Gasteiger partial charge in [0, 0.05) is 46.7 Å². The first kappa shape index (κ1) is 32.7. The third-order valence-corrected chi connectivity index (χ3v) is 8.89. The Morgan fingerprint density at radius 2 is 1.60 bits per heavy atom. The molecule has 1 aliphatic rings. The van der Waals surface area contributed by atoms with Gasteiger partial charge < -0.3 is 19.6 Å². The molecular weight excluding hydrogens is 654 g/mol. The summed E-state index contributed by atoms with van der Waals surface area (Å²) in [4.78, 5) is 28.7. The molecule has 47 heavy (non-hydrogen) atoms. The first-order chi connectivity index (χ1) is 22.4. The molecule has 0 bridgehead atoms. The van der Waals surface area contributed by atoms with Crippen molar-refractivity contribution in [2.75, 3.05) is 31.5 Å². The molecule has 0 aliphatic carbocycles. The van der Waals surface area contributed by atoms with E-state index in [1.807, 2.05) is 30.3 Å². The van der Waals surface area contributed by atoms with Crippen LogP contribution in [0.3, 0.4) is 0 Å². The third kappa shape index (κ3) is 7.07. The number of fused-ring (bicyclic) bond motifs is 1. The quantitative estimate of drug-likeness (QED) is 0.106. The van der Waals surface area contributed by atoms with Crippen molar-refractivity contribution in [3.05, 3.63) is 133 Å². The van der Waals surface area contributed by atoms with Crippen molar-refractivity contribution in [3.8, 4) is 11.1 Å². The number of carbonyl (C=O) groups is 1. The molecule has 1 fully saturated rings. The Kier molecular flexibility index (Phi) is 9.15. The molecule has 5 aromatic rings. The molecular formula is C35H28Cl2F3N3O4. The molecule has 1 saturated heterocycles. The van der Waals surface area contributed by atoms with Gasteiger partial charge in [-0.15, -0.1) is 0 Å². The molecule has 12 heteroatoms. The van der Waals surface area contributed by atoms with Crippen LogP contribution in [0.2, 0.25) is 10.0 Å². The zero-order chi connectivity index (χ0) is 33.3. The lowest BCUT2D eigenvalue weighted by atomic mass is 9.94. The van der Waals surface area contributed by atoms with Crippen molar-refractivity contribution in [1.29, 1.82) is 0 Å². The van der Waals surface area contributed by atoms with Gasteiger partial charge in [0.15, 0.2) is 0 Å². The van der Waals surface area contributed by atoms with E-state index in [9.17, 15) is 28.0 Å². The maximum atomic E-state index is 13.7. The van der Waals surface area contributed by atoms with E-state index in [-0.39, 0.29) is 16.2 Å². The summed E-state index contributed by atoms with van der Waals surface area (Å²) in [7, 11) is 0. The summed E-state index contributed by atoms with van der Waals surface area (Å²) in [6.07, 6.45) is -5.33. The number of carbonyl (C=O) groups excluding carboxylic acids is 1. The Labute approximate surface area is 277 Å². The number of hydroxylamine groups is 2. The van der Waals surface area contributed by atoms with Gasteiger partial charge in [-0.05, 0) is 47.5 Å². The molecule has 0 atom stereocenters. The van der Waals surface area contributed by atoms with Crippen LogP contribution >= 0.6 is 23.2 Å². The highest BCUT2D eigenvalue weighted by atomic mass is 35.5. The van der Waals surface area contributed by atoms with Crippen molar-refractivity contribution in [2.45, 2.75) is 19.1 Å². The number of halogens is 5. The van der Waals surface area contributed by atoms with Crippen molar-refractivity contribution in [3.63, 3.8) is 0 Å². The van der Waals surface area contributed by atoms with Gasteiger partial charge in [-0.2, -0.15) is 13.2 Å². The van der Waals surface area contributed by atoms with E-state index in [1.165, 1.54) is 6.07 Å².